The zero-order chi connectivity index (χ0) is 18.6. The summed E-state index contributed by atoms with van der Waals surface area (Å²) in [5.41, 5.74) is 0.839. The molecule has 0 bridgehead atoms. The molecule has 0 radical (unpaired) electrons. The molecule has 0 aliphatic heterocycles. The Balaban J connectivity index is 2.36. The van der Waals surface area contributed by atoms with Crippen molar-refractivity contribution in [2.24, 2.45) is 0 Å². The highest BCUT2D eigenvalue weighted by Crippen LogP contribution is 2.19. The van der Waals surface area contributed by atoms with Crippen LogP contribution in [0.25, 0.3) is 6.08 Å². The second kappa shape index (κ2) is 7.44. The third-order valence-corrected chi connectivity index (χ3v) is 8.68. The Morgan fingerprint density at radius 1 is 0.731 bits per heavy atom. The smallest absolute Gasteiger partial charge is 0.288 e. The first-order chi connectivity index (χ1) is 12.5. The van der Waals surface area contributed by atoms with Gasteiger partial charge in [0.2, 0.25) is 0 Å². The van der Waals surface area contributed by atoms with E-state index in [1.54, 1.807) is 0 Å². The second-order valence-corrected chi connectivity index (χ2v) is 10.8. The number of hydrogen-bond donors (Lipinski definition) is 0. The van der Waals surface area contributed by atoms with Gasteiger partial charge in [-0.1, -0.05) is 97.6 Å². The van der Waals surface area contributed by atoms with Crippen LogP contribution in [0.4, 0.5) is 0 Å². The van der Waals surface area contributed by atoms with Crippen LogP contribution in [-0.2, 0) is 4.43 Å². The van der Waals surface area contributed by atoms with Crippen molar-refractivity contribution in [3.8, 4) is 0 Å². The molecule has 132 valence electrons. The fraction of sp³-hybridized carbons (Fsp3) is 0.167. The molecule has 2 heteroatoms. The molecule has 1 nitrogen and oxygen atoms in total. The maximum Gasteiger partial charge on any atom is 0.288 e. The van der Waals surface area contributed by atoms with Crippen LogP contribution in [0, 0.1) is 0 Å². The van der Waals surface area contributed by atoms with Crippen LogP contribution >= 0.6 is 0 Å². The molecule has 0 unspecified atom stereocenters. The summed E-state index contributed by atoms with van der Waals surface area (Å²) in [5.74, 6) is 0. The van der Waals surface area contributed by atoms with Gasteiger partial charge in [-0.3, -0.25) is 0 Å². The van der Waals surface area contributed by atoms with Crippen LogP contribution in [-0.4, -0.2) is 13.9 Å². The Hall–Kier alpha value is -2.42. The lowest BCUT2D eigenvalue weighted by molar-refractivity contribution is 0.130. The van der Waals surface area contributed by atoms with Crippen LogP contribution in [0.5, 0.6) is 0 Å². The summed E-state index contributed by atoms with van der Waals surface area (Å²) in [7, 11) is -2.65. The quantitative estimate of drug-likeness (QED) is 0.493. The zero-order valence-corrected chi connectivity index (χ0v) is 16.8. The van der Waals surface area contributed by atoms with Crippen molar-refractivity contribution in [2.75, 3.05) is 0 Å². The van der Waals surface area contributed by atoms with E-state index in [1.165, 1.54) is 15.6 Å². The van der Waals surface area contributed by atoms with Gasteiger partial charge in [-0.05, 0) is 41.9 Å². The molecule has 3 aromatic carbocycles. The van der Waals surface area contributed by atoms with Crippen LogP contribution in [0.3, 0.4) is 0 Å². The van der Waals surface area contributed by atoms with E-state index < -0.39 is 8.32 Å². The van der Waals surface area contributed by atoms with Crippen molar-refractivity contribution in [3.63, 3.8) is 0 Å². The monoisotopic (exact) mass is 358 g/mol. The first-order valence-electron chi connectivity index (χ1n) is 9.00. The minimum Gasteiger partial charge on any atom is -0.399 e. The normalized spacial score (nSPS) is 12.0. The fourth-order valence-electron chi connectivity index (χ4n) is 3.37. The molecule has 0 aromatic heterocycles. The SMILES string of the molecule is C=Cc1cccc([Si](OC(C)(C)C)(c2ccccc2)c2ccccc2)c1. The highest BCUT2D eigenvalue weighted by molar-refractivity contribution is 7.07. The third-order valence-electron chi connectivity index (χ3n) is 4.35. The minimum absolute atomic E-state index is 0.276. The van der Waals surface area contributed by atoms with Crippen LogP contribution in [0.1, 0.15) is 26.3 Å². The van der Waals surface area contributed by atoms with E-state index in [1.807, 2.05) is 6.08 Å². The maximum atomic E-state index is 6.99. The van der Waals surface area contributed by atoms with Gasteiger partial charge in [0.15, 0.2) is 0 Å². The average Bonchev–Trinajstić information content (AvgIpc) is 2.67. The van der Waals surface area contributed by atoms with Crippen molar-refractivity contribution in [1.82, 2.24) is 0 Å². The molecule has 26 heavy (non-hydrogen) atoms. The largest absolute Gasteiger partial charge is 0.399 e. The number of hydrogen-bond acceptors (Lipinski definition) is 1. The molecule has 0 amide bonds. The molecule has 0 saturated heterocycles. The summed E-state index contributed by atoms with van der Waals surface area (Å²) in [6.07, 6.45) is 1.90. The highest BCUT2D eigenvalue weighted by Gasteiger charge is 2.44. The van der Waals surface area contributed by atoms with Crippen molar-refractivity contribution in [3.05, 3.63) is 97.1 Å². The minimum atomic E-state index is -2.65. The van der Waals surface area contributed by atoms with Crippen molar-refractivity contribution in [1.29, 1.82) is 0 Å². The third kappa shape index (κ3) is 3.72. The van der Waals surface area contributed by atoms with Gasteiger partial charge in [-0.15, -0.1) is 0 Å². The number of rotatable bonds is 5. The van der Waals surface area contributed by atoms with E-state index in [4.69, 9.17) is 4.43 Å². The van der Waals surface area contributed by atoms with Gasteiger partial charge in [0.1, 0.15) is 0 Å². The lowest BCUT2D eigenvalue weighted by Gasteiger charge is -2.39. The average molecular weight is 359 g/mol. The topological polar surface area (TPSA) is 9.23 Å². The first kappa shape index (κ1) is 18.4. The second-order valence-electron chi connectivity index (χ2n) is 7.46. The van der Waals surface area contributed by atoms with Crippen molar-refractivity contribution >= 4 is 30.0 Å². The molecule has 0 aliphatic carbocycles. The van der Waals surface area contributed by atoms with E-state index in [0.29, 0.717) is 0 Å². The van der Waals surface area contributed by atoms with E-state index in [-0.39, 0.29) is 5.60 Å². The molecule has 3 aromatic rings. The van der Waals surface area contributed by atoms with E-state index in [0.717, 1.165) is 5.56 Å². The summed E-state index contributed by atoms with van der Waals surface area (Å²) in [6, 6.07) is 29.9. The molecule has 3 rings (SSSR count). The zero-order valence-electron chi connectivity index (χ0n) is 15.8. The summed E-state index contributed by atoms with van der Waals surface area (Å²) in [5, 5.41) is 3.74. The van der Waals surface area contributed by atoms with Gasteiger partial charge in [-0.25, -0.2) is 0 Å². The van der Waals surface area contributed by atoms with Crippen molar-refractivity contribution < 1.29 is 4.43 Å². The predicted octanol–water partition coefficient (Wildman–Crippen LogP) is 4.11. The maximum absolute atomic E-state index is 6.99. The molecule has 0 heterocycles. The van der Waals surface area contributed by atoms with Crippen LogP contribution in [0.15, 0.2) is 91.5 Å². The van der Waals surface area contributed by atoms with Crippen LogP contribution < -0.4 is 15.6 Å². The van der Waals surface area contributed by atoms with Gasteiger partial charge in [-0.2, -0.15) is 0 Å². The summed E-state index contributed by atoms with van der Waals surface area (Å²) < 4.78 is 6.99. The lowest BCUT2D eigenvalue weighted by Crippen LogP contribution is -2.71. The van der Waals surface area contributed by atoms with Gasteiger partial charge < -0.3 is 4.43 Å². The van der Waals surface area contributed by atoms with Gasteiger partial charge in [0.25, 0.3) is 8.32 Å². The Morgan fingerprint density at radius 3 is 1.69 bits per heavy atom. The molecule has 0 saturated carbocycles. The first-order valence-corrected chi connectivity index (χ1v) is 10.9. The van der Waals surface area contributed by atoms with Gasteiger partial charge in [0.05, 0.1) is 0 Å². The summed E-state index contributed by atoms with van der Waals surface area (Å²) >= 11 is 0. The Bertz CT molecular complexity index is 824. The molecular weight excluding hydrogens is 332 g/mol. The van der Waals surface area contributed by atoms with E-state index >= 15 is 0 Å². The van der Waals surface area contributed by atoms with Crippen molar-refractivity contribution in [2.45, 2.75) is 26.4 Å². The number of benzene rings is 3. The molecule has 0 aliphatic rings. The Morgan fingerprint density at radius 2 is 1.23 bits per heavy atom. The molecule has 0 fully saturated rings. The van der Waals surface area contributed by atoms with Gasteiger partial charge >= 0.3 is 0 Å². The van der Waals surface area contributed by atoms with E-state index in [2.05, 4.69) is 112 Å². The van der Waals surface area contributed by atoms with Crippen LogP contribution in [0.2, 0.25) is 0 Å². The predicted molar refractivity (Wildman–Crippen MR) is 115 cm³/mol. The lowest BCUT2D eigenvalue weighted by atomic mass is 10.2. The highest BCUT2D eigenvalue weighted by atomic mass is 28.4. The van der Waals surface area contributed by atoms with Gasteiger partial charge in [0, 0.05) is 5.60 Å². The molecule has 0 atom stereocenters. The molecular formula is C24H26OSi. The summed E-state index contributed by atoms with van der Waals surface area (Å²) in [6.45, 7) is 10.4. The van der Waals surface area contributed by atoms with E-state index in [9.17, 15) is 0 Å². The standard InChI is InChI=1S/C24H26OSi/c1-5-20-13-12-18-23(19-20)26(25-24(2,3)4,21-14-8-6-9-15-21)22-16-10-7-11-17-22/h5-19H,1H2,2-4H3. The fourth-order valence-corrected chi connectivity index (χ4v) is 7.66. The molecule has 0 spiro atoms. The molecule has 0 N–H and O–H groups in total. The Kier molecular flexibility index (Phi) is 5.26. The Labute approximate surface area is 158 Å². The summed E-state index contributed by atoms with van der Waals surface area (Å²) in [4.78, 5) is 0.